The lowest BCUT2D eigenvalue weighted by molar-refractivity contribution is 0.0304. The van der Waals surface area contributed by atoms with Crippen LogP contribution in [0.25, 0.3) is 22.2 Å². The summed E-state index contributed by atoms with van der Waals surface area (Å²) < 4.78 is 5.38. The van der Waals surface area contributed by atoms with Crippen molar-refractivity contribution in [3.05, 3.63) is 65.7 Å². The molecule has 1 aromatic heterocycles. The maximum atomic E-state index is 13.2. The highest BCUT2D eigenvalue weighted by atomic mass is 16.5. The largest absolute Gasteiger partial charge is 0.378 e. The highest BCUT2D eigenvalue weighted by molar-refractivity contribution is 6.07. The Morgan fingerprint density at radius 1 is 1.04 bits per heavy atom. The van der Waals surface area contributed by atoms with Gasteiger partial charge >= 0.3 is 0 Å². The number of benzene rings is 2. The van der Waals surface area contributed by atoms with Crippen LogP contribution in [0.15, 0.2) is 54.6 Å². The summed E-state index contributed by atoms with van der Waals surface area (Å²) in [6, 6.07) is 17.9. The number of aromatic nitrogens is 1. The van der Waals surface area contributed by atoms with Crippen LogP contribution in [-0.2, 0) is 4.74 Å². The van der Waals surface area contributed by atoms with Crippen LogP contribution in [-0.4, -0.2) is 42.1 Å². The number of hydrogen-bond donors (Lipinski definition) is 0. The van der Waals surface area contributed by atoms with E-state index in [2.05, 4.69) is 0 Å². The normalized spacial score (nSPS) is 14.7. The number of para-hydroxylation sites is 1. The summed E-state index contributed by atoms with van der Waals surface area (Å²) in [7, 11) is 0. The molecule has 1 aliphatic rings. The fraction of sp³-hybridized carbons (Fsp3) is 0.238. The van der Waals surface area contributed by atoms with Crippen molar-refractivity contribution in [3.8, 4) is 11.3 Å². The van der Waals surface area contributed by atoms with Gasteiger partial charge in [-0.2, -0.15) is 0 Å². The molecule has 2 heterocycles. The molecule has 1 amide bonds. The number of carbonyl (C=O) groups excluding carboxylic acids is 1. The van der Waals surface area contributed by atoms with Gasteiger partial charge in [-0.05, 0) is 18.6 Å². The molecule has 0 bridgehead atoms. The number of carbonyl (C=O) groups is 1. The quantitative estimate of drug-likeness (QED) is 0.719. The van der Waals surface area contributed by atoms with Crippen LogP contribution in [0.3, 0.4) is 0 Å². The first-order valence-corrected chi connectivity index (χ1v) is 8.57. The average molecular weight is 332 g/mol. The number of fused-ring (bicyclic) bond motifs is 1. The second-order valence-corrected chi connectivity index (χ2v) is 6.30. The van der Waals surface area contributed by atoms with Crippen molar-refractivity contribution < 1.29 is 9.53 Å². The second-order valence-electron chi connectivity index (χ2n) is 6.30. The average Bonchev–Trinajstić information content (AvgIpc) is 2.68. The summed E-state index contributed by atoms with van der Waals surface area (Å²) >= 11 is 0. The predicted molar refractivity (Wildman–Crippen MR) is 98.6 cm³/mol. The predicted octanol–water partition coefficient (Wildman–Crippen LogP) is 3.68. The molecule has 1 aliphatic heterocycles. The lowest BCUT2D eigenvalue weighted by atomic mass is 10.0. The molecule has 4 heteroatoms. The van der Waals surface area contributed by atoms with Crippen LogP contribution >= 0.6 is 0 Å². The maximum absolute atomic E-state index is 13.2. The fourth-order valence-corrected chi connectivity index (χ4v) is 3.26. The van der Waals surface area contributed by atoms with Crippen molar-refractivity contribution >= 4 is 16.8 Å². The zero-order chi connectivity index (χ0) is 17.2. The van der Waals surface area contributed by atoms with E-state index in [-0.39, 0.29) is 5.91 Å². The molecule has 1 saturated heterocycles. The Kier molecular flexibility index (Phi) is 4.20. The molecular weight excluding hydrogens is 312 g/mol. The van der Waals surface area contributed by atoms with Gasteiger partial charge in [-0.15, -0.1) is 0 Å². The van der Waals surface area contributed by atoms with Crippen LogP contribution in [0, 0.1) is 6.92 Å². The third-order valence-corrected chi connectivity index (χ3v) is 4.64. The van der Waals surface area contributed by atoms with E-state index in [0.717, 1.165) is 33.3 Å². The molecule has 0 radical (unpaired) electrons. The Morgan fingerprint density at radius 2 is 1.80 bits per heavy atom. The molecule has 0 N–H and O–H groups in total. The highest BCUT2D eigenvalue weighted by Crippen LogP contribution is 2.27. The Morgan fingerprint density at radius 3 is 2.56 bits per heavy atom. The first kappa shape index (κ1) is 15.8. The van der Waals surface area contributed by atoms with Gasteiger partial charge in [-0.3, -0.25) is 4.79 Å². The van der Waals surface area contributed by atoms with Gasteiger partial charge in [0.15, 0.2) is 0 Å². The number of pyridine rings is 1. The first-order valence-electron chi connectivity index (χ1n) is 8.57. The van der Waals surface area contributed by atoms with E-state index in [4.69, 9.17) is 9.72 Å². The molecule has 126 valence electrons. The monoisotopic (exact) mass is 332 g/mol. The third kappa shape index (κ3) is 3.01. The van der Waals surface area contributed by atoms with E-state index in [1.54, 1.807) is 0 Å². The van der Waals surface area contributed by atoms with Gasteiger partial charge in [0.2, 0.25) is 0 Å². The molecule has 0 saturated carbocycles. The second kappa shape index (κ2) is 6.65. The van der Waals surface area contributed by atoms with Crippen molar-refractivity contribution in [2.75, 3.05) is 26.3 Å². The minimum absolute atomic E-state index is 0.0541. The maximum Gasteiger partial charge on any atom is 0.254 e. The van der Waals surface area contributed by atoms with Gasteiger partial charge in [0.25, 0.3) is 5.91 Å². The molecule has 2 aromatic carbocycles. The number of ether oxygens (including phenoxy) is 1. The van der Waals surface area contributed by atoms with Crippen molar-refractivity contribution in [2.45, 2.75) is 6.92 Å². The van der Waals surface area contributed by atoms with Gasteiger partial charge in [0.05, 0.1) is 30.0 Å². The molecule has 3 aromatic rings. The Hall–Kier alpha value is -2.72. The summed E-state index contributed by atoms with van der Waals surface area (Å²) in [6.45, 7) is 4.50. The third-order valence-electron chi connectivity index (χ3n) is 4.64. The summed E-state index contributed by atoms with van der Waals surface area (Å²) in [4.78, 5) is 19.9. The SMILES string of the molecule is Cc1cccc2c(C(=O)N3CCOCC3)cc(-c3ccccc3)nc12. The highest BCUT2D eigenvalue weighted by Gasteiger charge is 2.22. The lowest BCUT2D eigenvalue weighted by Gasteiger charge is -2.27. The summed E-state index contributed by atoms with van der Waals surface area (Å²) in [5, 5.41) is 0.913. The van der Waals surface area contributed by atoms with Crippen LogP contribution in [0.1, 0.15) is 15.9 Å². The summed E-state index contributed by atoms with van der Waals surface area (Å²) in [6.07, 6.45) is 0. The molecule has 0 unspecified atom stereocenters. The summed E-state index contributed by atoms with van der Waals surface area (Å²) in [5.74, 6) is 0.0541. The zero-order valence-electron chi connectivity index (χ0n) is 14.2. The van der Waals surface area contributed by atoms with Gasteiger partial charge in [-0.25, -0.2) is 4.98 Å². The molecular formula is C21H20N2O2. The number of rotatable bonds is 2. The minimum atomic E-state index is 0.0541. The van der Waals surface area contributed by atoms with Crippen LogP contribution in [0.5, 0.6) is 0 Å². The van der Waals surface area contributed by atoms with Gasteiger partial charge < -0.3 is 9.64 Å². The molecule has 0 aliphatic carbocycles. The number of nitrogens with zero attached hydrogens (tertiary/aromatic N) is 2. The van der Waals surface area contributed by atoms with Crippen molar-refractivity contribution in [3.63, 3.8) is 0 Å². The Bertz CT molecular complexity index is 916. The van der Waals surface area contributed by atoms with Crippen LogP contribution in [0.4, 0.5) is 0 Å². The smallest absolute Gasteiger partial charge is 0.254 e. The topological polar surface area (TPSA) is 42.4 Å². The van der Waals surface area contributed by atoms with E-state index >= 15 is 0 Å². The first-order chi connectivity index (χ1) is 12.2. The van der Waals surface area contributed by atoms with Gasteiger partial charge in [0, 0.05) is 24.0 Å². The number of hydrogen-bond acceptors (Lipinski definition) is 3. The van der Waals surface area contributed by atoms with Crippen molar-refractivity contribution in [1.29, 1.82) is 0 Å². The van der Waals surface area contributed by atoms with Crippen molar-refractivity contribution in [2.24, 2.45) is 0 Å². The molecule has 25 heavy (non-hydrogen) atoms. The fourth-order valence-electron chi connectivity index (χ4n) is 3.26. The van der Waals surface area contributed by atoms with Crippen molar-refractivity contribution in [1.82, 2.24) is 9.88 Å². The van der Waals surface area contributed by atoms with E-state index in [9.17, 15) is 4.79 Å². The number of aryl methyl sites for hydroxylation is 1. The standard InChI is InChI=1S/C21H20N2O2/c1-15-6-5-9-17-18(21(24)23-10-12-25-13-11-23)14-19(22-20(15)17)16-7-3-2-4-8-16/h2-9,14H,10-13H2,1H3. The molecule has 0 atom stereocenters. The molecule has 0 spiro atoms. The summed E-state index contributed by atoms with van der Waals surface area (Å²) in [5.41, 5.74) is 4.53. The van der Waals surface area contributed by atoms with Crippen LogP contribution < -0.4 is 0 Å². The van der Waals surface area contributed by atoms with Crippen LogP contribution in [0.2, 0.25) is 0 Å². The number of amides is 1. The Labute approximate surface area is 147 Å². The van der Waals surface area contributed by atoms with E-state index in [0.29, 0.717) is 26.3 Å². The minimum Gasteiger partial charge on any atom is -0.378 e. The zero-order valence-corrected chi connectivity index (χ0v) is 14.2. The van der Waals surface area contributed by atoms with Gasteiger partial charge in [0.1, 0.15) is 0 Å². The molecule has 1 fully saturated rings. The van der Waals surface area contributed by atoms with Gasteiger partial charge in [-0.1, -0.05) is 48.5 Å². The van der Waals surface area contributed by atoms with E-state index < -0.39 is 0 Å². The Balaban J connectivity index is 1.89. The molecule has 4 nitrogen and oxygen atoms in total. The van der Waals surface area contributed by atoms with E-state index in [1.807, 2.05) is 66.4 Å². The molecule has 4 rings (SSSR count). The lowest BCUT2D eigenvalue weighted by Crippen LogP contribution is -2.40. The van der Waals surface area contributed by atoms with E-state index in [1.165, 1.54) is 0 Å². The number of morpholine rings is 1.